The van der Waals surface area contributed by atoms with Crippen molar-refractivity contribution in [3.05, 3.63) is 150 Å². The van der Waals surface area contributed by atoms with Gasteiger partial charge in [0.15, 0.2) is 0 Å². The molecule has 0 saturated heterocycles. The number of hydrogen-bond acceptors (Lipinski definition) is 0. The van der Waals surface area contributed by atoms with Gasteiger partial charge in [0, 0.05) is 0 Å². The summed E-state index contributed by atoms with van der Waals surface area (Å²) in [6.45, 7) is 24.0. The van der Waals surface area contributed by atoms with E-state index in [-0.39, 0.29) is 35.6 Å². The third-order valence-corrected chi connectivity index (χ3v) is 20.4. The molecule has 2 aliphatic carbocycles. The number of rotatable bonds is 12. The number of halogens is 2. The summed E-state index contributed by atoms with van der Waals surface area (Å²) in [5, 5.41) is 0. The van der Waals surface area contributed by atoms with E-state index in [1.54, 1.807) is 25.5 Å². The van der Waals surface area contributed by atoms with E-state index < -0.39 is 21.3 Å². The van der Waals surface area contributed by atoms with Crippen LogP contribution in [0.4, 0.5) is 0 Å². The topological polar surface area (TPSA) is 0 Å². The summed E-state index contributed by atoms with van der Waals surface area (Å²) in [4.78, 5) is 0. The van der Waals surface area contributed by atoms with Gasteiger partial charge >= 0.3 is 327 Å². The molecular weight excluding hydrogens is 775 g/mol. The standard InChI is InChI=1S/C21H25.C17H29.C13H10.2ClH.Zr/c1-20(2,3)16-7-9-18-14(12-16)11-15-13-17(21(4,5)6)8-10-19(15)18;1-5-9-14-13-15(10-6-2)17(12-8-4)16(14)11-7-3;1-3-7-12(8-4-1)11-13-9-5-2-6-10-13;;;/h7-13H,1-6H3;14H,5-12H2,1-4H3;1-10H;2*1H;/q;;;;;+2/p-2. The Morgan fingerprint density at radius 1 is 0.537 bits per heavy atom. The fourth-order valence-corrected chi connectivity index (χ4v) is 19.6. The van der Waals surface area contributed by atoms with E-state index in [0.717, 1.165) is 0 Å². The van der Waals surface area contributed by atoms with Crippen LogP contribution in [0.5, 0.6) is 0 Å². The largest absolute Gasteiger partial charge is 1.00 e. The predicted octanol–water partition coefficient (Wildman–Crippen LogP) is 8.63. The molecule has 6 rings (SSSR count). The van der Waals surface area contributed by atoms with Crippen LogP contribution in [0.15, 0.2) is 117 Å². The van der Waals surface area contributed by atoms with Crippen LogP contribution < -0.4 is 24.8 Å². The zero-order valence-electron chi connectivity index (χ0n) is 34.8. The van der Waals surface area contributed by atoms with Crippen LogP contribution in [-0.4, -0.2) is 3.21 Å². The molecule has 3 heteroatoms. The van der Waals surface area contributed by atoms with E-state index >= 15 is 0 Å². The van der Waals surface area contributed by atoms with E-state index in [9.17, 15) is 0 Å². The molecule has 0 radical (unpaired) electrons. The Morgan fingerprint density at radius 3 is 1.39 bits per heavy atom. The van der Waals surface area contributed by atoms with E-state index in [2.05, 4.69) is 166 Å². The summed E-state index contributed by atoms with van der Waals surface area (Å²) in [5.74, 6) is 0.564. The van der Waals surface area contributed by atoms with Crippen molar-refractivity contribution in [3.63, 3.8) is 0 Å². The maximum atomic E-state index is 2.67. The third-order valence-electron chi connectivity index (χ3n) is 11.7. The van der Waals surface area contributed by atoms with Gasteiger partial charge in [0.25, 0.3) is 0 Å². The third kappa shape index (κ3) is 8.80. The fraction of sp³-hybridized carbons (Fsp3) is 0.431. The van der Waals surface area contributed by atoms with E-state index in [1.165, 1.54) is 84.7 Å². The SMILES string of the molecule is CCCC1=C(CCC)C(CCC)[C]([Zr+2](=[C](c2ccccc2)c2ccccc2)[CH]2c3cc(C(C)(C)C)ccc3-c3ccc(C(C)(C)C)cc32)=C1CCC.[Cl-].[Cl-]. The van der Waals surface area contributed by atoms with Gasteiger partial charge in [-0.05, 0) is 0 Å². The summed E-state index contributed by atoms with van der Waals surface area (Å²) in [6.07, 6.45) is 9.79. The summed E-state index contributed by atoms with van der Waals surface area (Å²) in [5.41, 5.74) is 17.5. The Bertz CT molecular complexity index is 1880. The van der Waals surface area contributed by atoms with Crippen LogP contribution in [0.25, 0.3) is 11.1 Å². The molecule has 1 atom stereocenters. The van der Waals surface area contributed by atoms with Crippen molar-refractivity contribution >= 4 is 3.21 Å². The molecule has 4 aromatic carbocycles. The molecule has 2 aliphatic rings. The smallest absolute Gasteiger partial charge is 1.00 e. The Balaban J connectivity index is 0.00000325. The van der Waals surface area contributed by atoms with Crippen LogP contribution in [0.3, 0.4) is 0 Å². The molecule has 0 spiro atoms. The first-order valence-corrected chi connectivity index (χ1v) is 24.4. The zero-order valence-corrected chi connectivity index (χ0v) is 38.8. The van der Waals surface area contributed by atoms with E-state index in [4.69, 9.17) is 0 Å². The molecule has 0 aliphatic heterocycles. The zero-order chi connectivity index (χ0) is 37.2. The minimum Gasteiger partial charge on any atom is -1.00 e. The molecule has 4 aromatic rings. The molecule has 0 heterocycles. The van der Waals surface area contributed by atoms with Gasteiger partial charge in [-0.15, -0.1) is 0 Å². The van der Waals surface area contributed by atoms with Crippen molar-refractivity contribution in [3.8, 4) is 11.1 Å². The predicted molar refractivity (Wildman–Crippen MR) is 224 cm³/mol. The summed E-state index contributed by atoms with van der Waals surface area (Å²) < 4.78 is 4.03. The van der Waals surface area contributed by atoms with Gasteiger partial charge in [-0.25, -0.2) is 0 Å². The van der Waals surface area contributed by atoms with Gasteiger partial charge in [-0.2, -0.15) is 0 Å². The van der Waals surface area contributed by atoms with Gasteiger partial charge in [0.2, 0.25) is 0 Å². The van der Waals surface area contributed by atoms with Gasteiger partial charge < -0.3 is 24.8 Å². The van der Waals surface area contributed by atoms with Crippen molar-refractivity contribution in [2.75, 3.05) is 0 Å². The summed E-state index contributed by atoms with van der Waals surface area (Å²) in [6, 6.07) is 38.5. The number of hydrogen-bond donors (Lipinski definition) is 0. The molecule has 0 bridgehead atoms. The van der Waals surface area contributed by atoms with Crippen LogP contribution in [-0.2, 0) is 32.1 Å². The van der Waals surface area contributed by atoms with Crippen LogP contribution in [0.1, 0.15) is 158 Å². The minimum atomic E-state index is -3.03. The second-order valence-electron chi connectivity index (χ2n) is 17.5. The first kappa shape index (κ1) is 44.4. The molecule has 0 aromatic heterocycles. The molecule has 54 heavy (non-hydrogen) atoms. The average molecular weight is 839 g/mol. The van der Waals surface area contributed by atoms with Crippen molar-refractivity contribution in [2.45, 2.75) is 135 Å². The molecular formula is C51H64Cl2Zr. The second-order valence-corrected chi connectivity index (χ2v) is 23.6. The molecule has 0 N–H and O–H groups in total. The van der Waals surface area contributed by atoms with Crippen LogP contribution in [0, 0.1) is 5.92 Å². The maximum absolute atomic E-state index is 3.03. The number of benzene rings is 4. The molecule has 286 valence electrons. The first-order chi connectivity index (χ1) is 24.9. The Morgan fingerprint density at radius 2 is 0.981 bits per heavy atom. The van der Waals surface area contributed by atoms with Crippen molar-refractivity contribution in [1.29, 1.82) is 0 Å². The maximum Gasteiger partial charge on any atom is -1.00 e. The molecule has 0 fully saturated rings. The quantitative estimate of drug-likeness (QED) is 0.134. The first-order valence-electron chi connectivity index (χ1n) is 20.5. The van der Waals surface area contributed by atoms with Gasteiger partial charge in [-0.3, -0.25) is 0 Å². The normalized spacial score (nSPS) is 15.3. The molecule has 1 unspecified atom stereocenters. The van der Waals surface area contributed by atoms with Gasteiger partial charge in [0.05, 0.1) is 0 Å². The average Bonchev–Trinajstić information content (AvgIpc) is 3.58. The summed E-state index contributed by atoms with van der Waals surface area (Å²) >= 11 is -3.03. The minimum absolute atomic E-state index is 0. The van der Waals surface area contributed by atoms with Crippen molar-refractivity contribution in [2.24, 2.45) is 5.92 Å². The van der Waals surface area contributed by atoms with Crippen LogP contribution >= 0.6 is 0 Å². The Hall–Kier alpha value is -2.31. The van der Waals surface area contributed by atoms with Gasteiger partial charge in [0.1, 0.15) is 0 Å². The van der Waals surface area contributed by atoms with Crippen molar-refractivity contribution in [1.82, 2.24) is 0 Å². The second kappa shape index (κ2) is 18.8. The Labute approximate surface area is 349 Å². The molecule has 0 amide bonds. The monoisotopic (exact) mass is 836 g/mol. The number of allylic oxidation sites excluding steroid dienone is 4. The molecule has 0 nitrogen and oxygen atoms in total. The van der Waals surface area contributed by atoms with E-state index in [1.807, 2.05) is 8.85 Å². The Kier molecular flexibility index (Phi) is 15.4. The summed E-state index contributed by atoms with van der Waals surface area (Å²) in [7, 11) is 0. The molecule has 0 saturated carbocycles. The van der Waals surface area contributed by atoms with Crippen LogP contribution in [0.2, 0.25) is 0 Å². The van der Waals surface area contributed by atoms with Gasteiger partial charge in [-0.1, -0.05) is 0 Å². The fourth-order valence-electron chi connectivity index (χ4n) is 9.23. The van der Waals surface area contributed by atoms with E-state index in [0.29, 0.717) is 9.54 Å². The van der Waals surface area contributed by atoms with Crippen molar-refractivity contribution < 1.29 is 46.1 Å². The number of fused-ring (bicyclic) bond motifs is 3.